The van der Waals surface area contributed by atoms with Gasteiger partial charge in [0, 0.05) is 17.8 Å². The van der Waals surface area contributed by atoms with Gasteiger partial charge in [0.25, 0.3) is 0 Å². The van der Waals surface area contributed by atoms with E-state index in [0.29, 0.717) is 31.7 Å². The van der Waals surface area contributed by atoms with Crippen molar-refractivity contribution in [2.45, 2.75) is 37.8 Å². The van der Waals surface area contributed by atoms with E-state index in [2.05, 4.69) is 11.4 Å². The van der Waals surface area contributed by atoms with E-state index in [-0.39, 0.29) is 30.1 Å². The Morgan fingerprint density at radius 2 is 2.15 bits per heavy atom. The maximum atomic E-state index is 12.9. The first-order chi connectivity index (χ1) is 12.7. The first kappa shape index (κ1) is 16.8. The molecule has 0 spiro atoms. The molecule has 2 saturated heterocycles. The van der Waals surface area contributed by atoms with Gasteiger partial charge in [-0.3, -0.25) is 9.59 Å². The van der Waals surface area contributed by atoms with Crippen LogP contribution in [0, 0.1) is 17.2 Å². The number of likely N-dealkylation sites (tertiary alicyclic amines) is 1. The van der Waals surface area contributed by atoms with E-state index in [4.69, 9.17) is 4.42 Å². The molecule has 1 aromatic heterocycles. The Hall–Kier alpha value is -2.65. The van der Waals surface area contributed by atoms with Gasteiger partial charge in [0.15, 0.2) is 0 Å². The van der Waals surface area contributed by atoms with Gasteiger partial charge in [-0.2, -0.15) is 5.26 Å². The molecule has 2 aliphatic heterocycles. The number of nitrogens with zero attached hydrogens (tertiary/aromatic N) is 2. The lowest BCUT2D eigenvalue weighted by molar-refractivity contribution is -0.137. The fraction of sp³-hybridized carbons (Fsp3) is 0.450. The average molecular weight is 351 g/mol. The number of Topliss-reactive ketones (excluding diaryl/α,β-unsaturated/α-hetero) is 1. The molecule has 3 heterocycles. The average Bonchev–Trinajstić information content (AvgIpc) is 3.38. The van der Waals surface area contributed by atoms with Crippen molar-refractivity contribution in [3.8, 4) is 6.07 Å². The van der Waals surface area contributed by atoms with Crippen molar-refractivity contribution in [2.24, 2.45) is 5.92 Å². The minimum atomic E-state index is -0.527. The molecule has 0 aliphatic carbocycles. The van der Waals surface area contributed by atoms with Crippen molar-refractivity contribution < 1.29 is 14.0 Å². The number of benzene rings is 1. The summed E-state index contributed by atoms with van der Waals surface area (Å²) in [5.74, 6) is 0.163. The smallest absolute Gasteiger partial charge is 0.241 e. The van der Waals surface area contributed by atoms with Crippen LogP contribution in [0.4, 0.5) is 0 Å². The van der Waals surface area contributed by atoms with Gasteiger partial charge in [-0.15, -0.1) is 0 Å². The molecule has 2 aromatic rings. The number of hydrogen-bond donors (Lipinski definition) is 1. The number of fused-ring (bicyclic) bond motifs is 1. The van der Waals surface area contributed by atoms with Gasteiger partial charge in [-0.05, 0) is 37.9 Å². The van der Waals surface area contributed by atoms with Gasteiger partial charge < -0.3 is 14.6 Å². The third-order valence-corrected chi connectivity index (χ3v) is 5.41. The molecule has 134 valence electrons. The molecule has 2 aliphatic rings. The largest absolute Gasteiger partial charge is 0.461 e. The van der Waals surface area contributed by atoms with Crippen LogP contribution in [0.3, 0.4) is 0 Å². The van der Waals surface area contributed by atoms with Crippen LogP contribution >= 0.6 is 0 Å². The third-order valence-electron chi connectivity index (χ3n) is 5.41. The minimum Gasteiger partial charge on any atom is -0.461 e. The topological polar surface area (TPSA) is 86.3 Å². The Balaban J connectivity index is 1.48. The number of nitrogens with one attached hydrogen (secondary N) is 1. The second-order valence-electron chi connectivity index (χ2n) is 7.04. The molecule has 6 heteroatoms. The summed E-state index contributed by atoms with van der Waals surface area (Å²) < 4.78 is 5.75. The van der Waals surface area contributed by atoms with Gasteiger partial charge in [0.05, 0.1) is 18.5 Å². The standard InChI is InChI=1S/C20H21N3O3/c21-12-14-5-3-9-23(14)20(25)19-16(7-8-22-19)17(24)11-15-10-13-4-1-2-6-18(13)26-15/h1-2,4,6,10,14,16,19,22H,3,5,7-9,11H2/t14-,16?,19+/m0/s1. The van der Waals surface area contributed by atoms with E-state index in [1.165, 1.54) is 0 Å². The molecular formula is C20H21N3O3. The number of hydrogen-bond acceptors (Lipinski definition) is 5. The summed E-state index contributed by atoms with van der Waals surface area (Å²) in [6, 6.07) is 10.8. The van der Waals surface area contributed by atoms with Crippen LogP contribution in [0.1, 0.15) is 25.0 Å². The fourth-order valence-electron chi connectivity index (χ4n) is 4.08. The molecule has 1 aromatic carbocycles. The van der Waals surface area contributed by atoms with Crippen LogP contribution in [0.5, 0.6) is 0 Å². The number of amides is 1. The molecule has 3 atom stereocenters. The van der Waals surface area contributed by atoms with Crippen molar-refractivity contribution >= 4 is 22.7 Å². The predicted molar refractivity (Wildman–Crippen MR) is 95.2 cm³/mol. The third kappa shape index (κ3) is 2.99. The Bertz CT molecular complexity index is 849. The van der Waals surface area contributed by atoms with E-state index in [9.17, 15) is 14.9 Å². The summed E-state index contributed by atoms with van der Waals surface area (Å²) >= 11 is 0. The zero-order valence-corrected chi connectivity index (χ0v) is 14.5. The Morgan fingerprint density at radius 1 is 1.31 bits per heavy atom. The van der Waals surface area contributed by atoms with Gasteiger partial charge >= 0.3 is 0 Å². The molecule has 6 nitrogen and oxygen atoms in total. The molecule has 1 amide bonds. The summed E-state index contributed by atoms with van der Waals surface area (Å²) in [4.78, 5) is 27.3. The Labute approximate surface area is 151 Å². The highest BCUT2D eigenvalue weighted by Crippen LogP contribution is 2.26. The number of para-hydroxylation sites is 1. The van der Waals surface area contributed by atoms with Crippen molar-refractivity contribution in [1.29, 1.82) is 5.26 Å². The summed E-state index contributed by atoms with van der Waals surface area (Å²) in [6.45, 7) is 1.23. The maximum Gasteiger partial charge on any atom is 0.241 e. The number of carbonyl (C=O) groups is 2. The number of rotatable bonds is 4. The van der Waals surface area contributed by atoms with Gasteiger partial charge in [0.2, 0.25) is 5.91 Å². The fourth-order valence-corrected chi connectivity index (χ4v) is 4.08. The molecule has 4 rings (SSSR count). The molecule has 0 radical (unpaired) electrons. The second kappa shape index (κ2) is 6.93. The van der Waals surface area contributed by atoms with E-state index in [1.807, 2.05) is 30.3 Å². The predicted octanol–water partition coefficient (Wildman–Crippen LogP) is 2.04. The Kier molecular flexibility index (Phi) is 4.48. The summed E-state index contributed by atoms with van der Waals surface area (Å²) in [5, 5.41) is 13.4. The SMILES string of the molecule is N#C[C@@H]1CCCN1C(=O)[C@@H]1NCCC1C(=O)Cc1cc2ccccc2o1. The number of nitriles is 1. The van der Waals surface area contributed by atoms with Crippen LogP contribution in [0.2, 0.25) is 0 Å². The van der Waals surface area contributed by atoms with E-state index < -0.39 is 6.04 Å². The van der Waals surface area contributed by atoms with Crippen LogP contribution in [0.25, 0.3) is 11.0 Å². The van der Waals surface area contributed by atoms with E-state index in [1.54, 1.807) is 4.90 Å². The summed E-state index contributed by atoms with van der Waals surface area (Å²) in [6.07, 6.45) is 2.38. The summed E-state index contributed by atoms with van der Waals surface area (Å²) in [5.41, 5.74) is 0.765. The van der Waals surface area contributed by atoms with Crippen LogP contribution in [-0.2, 0) is 16.0 Å². The van der Waals surface area contributed by atoms with Crippen LogP contribution < -0.4 is 5.32 Å². The lowest BCUT2D eigenvalue weighted by atomic mass is 9.92. The maximum absolute atomic E-state index is 12.9. The molecule has 1 N–H and O–H groups in total. The number of carbonyl (C=O) groups excluding carboxylic acids is 2. The first-order valence-electron chi connectivity index (χ1n) is 9.11. The van der Waals surface area contributed by atoms with E-state index in [0.717, 1.165) is 17.4 Å². The van der Waals surface area contributed by atoms with Gasteiger partial charge in [-0.25, -0.2) is 0 Å². The summed E-state index contributed by atoms with van der Waals surface area (Å²) in [7, 11) is 0. The zero-order chi connectivity index (χ0) is 18.1. The monoisotopic (exact) mass is 351 g/mol. The molecule has 2 fully saturated rings. The molecule has 26 heavy (non-hydrogen) atoms. The number of ketones is 1. The Morgan fingerprint density at radius 3 is 2.96 bits per heavy atom. The highest BCUT2D eigenvalue weighted by atomic mass is 16.3. The first-order valence-corrected chi connectivity index (χ1v) is 9.11. The second-order valence-corrected chi connectivity index (χ2v) is 7.04. The normalized spacial score (nSPS) is 25.5. The zero-order valence-electron chi connectivity index (χ0n) is 14.5. The lowest BCUT2D eigenvalue weighted by Gasteiger charge is -2.26. The highest BCUT2D eigenvalue weighted by molar-refractivity contribution is 5.93. The molecule has 1 unspecified atom stereocenters. The van der Waals surface area contributed by atoms with Crippen molar-refractivity contribution in [3.63, 3.8) is 0 Å². The van der Waals surface area contributed by atoms with E-state index >= 15 is 0 Å². The molecule has 0 bridgehead atoms. The highest BCUT2D eigenvalue weighted by Gasteiger charge is 2.42. The van der Waals surface area contributed by atoms with Crippen molar-refractivity contribution in [3.05, 3.63) is 36.1 Å². The lowest BCUT2D eigenvalue weighted by Crippen LogP contribution is -2.49. The van der Waals surface area contributed by atoms with Crippen LogP contribution in [-0.4, -0.2) is 41.8 Å². The van der Waals surface area contributed by atoms with Gasteiger partial charge in [0.1, 0.15) is 23.2 Å². The minimum absolute atomic E-state index is 0.0140. The van der Waals surface area contributed by atoms with Crippen molar-refractivity contribution in [2.75, 3.05) is 13.1 Å². The van der Waals surface area contributed by atoms with Gasteiger partial charge in [-0.1, -0.05) is 18.2 Å². The van der Waals surface area contributed by atoms with Crippen LogP contribution in [0.15, 0.2) is 34.7 Å². The van der Waals surface area contributed by atoms with Crippen molar-refractivity contribution in [1.82, 2.24) is 10.2 Å². The quantitative estimate of drug-likeness (QED) is 0.911. The number of furan rings is 1. The molecular weight excluding hydrogens is 330 g/mol. The molecule has 0 saturated carbocycles.